The predicted molar refractivity (Wildman–Crippen MR) is 179 cm³/mol. The number of hydroxylamine groups is 4. The number of urea groups is 1. The number of nitrogens with one attached hydrogen (secondary N) is 2. The molecule has 4 rings (SSSR count). The fraction of sp³-hybridized carbons (Fsp3) is 0.750. The van der Waals surface area contributed by atoms with Crippen LogP contribution in [0.3, 0.4) is 0 Å². The molecular weight excluding hydrogens is 692 g/mol. The molecule has 0 saturated carbocycles. The van der Waals surface area contributed by atoms with Crippen LogP contribution in [0.25, 0.3) is 0 Å². The van der Waals surface area contributed by atoms with Crippen LogP contribution in [0.15, 0.2) is 0 Å². The number of nitrogens with two attached hydrogens (primary N) is 2. The number of thioether (sulfide) groups is 1. The van der Waals surface area contributed by atoms with Crippen LogP contribution >= 0.6 is 11.8 Å². The van der Waals surface area contributed by atoms with Gasteiger partial charge in [-0.15, -0.1) is 10.1 Å². The lowest BCUT2D eigenvalue weighted by Crippen LogP contribution is -2.59. The minimum absolute atomic E-state index is 0.0524. The molecule has 0 aromatic carbocycles. The first-order chi connectivity index (χ1) is 24.3. The van der Waals surface area contributed by atoms with E-state index in [1.54, 1.807) is 0 Å². The number of unbranched alkanes of at least 4 members (excludes halogenated alkanes) is 5. The first kappa shape index (κ1) is 41.8. The normalized spacial score (nSPS) is 22.0. The summed E-state index contributed by atoms with van der Waals surface area (Å²) in [4.78, 5) is 106. The fourth-order valence-corrected chi connectivity index (χ4v) is 7.62. The number of nitrogens with zero attached hydrogens (tertiary/aromatic N) is 2. The Hall–Kier alpha value is -3.65. The molecule has 4 aliphatic heterocycles. The van der Waals surface area contributed by atoms with Gasteiger partial charge in [0.2, 0.25) is 5.85 Å². The summed E-state index contributed by atoms with van der Waals surface area (Å²) in [7, 11) is 0. The molecule has 0 bridgehead atoms. The zero-order valence-corrected chi connectivity index (χ0v) is 29.7. The van der Waals surface area contributed by atoms with E-state index >= 15 is 0 Å². The number of imide groups is 2. The van der Waals surface area contributed by atoms with Crippen molar-refractivity contribution >= 4 is 59.1 Å². The molecule has 0 aliphatic carbocycles. The number of hydrogen-bond donors (Lipinski definition) is 5. The van der Waals surface area contributed by atoms with E-state index in [1.807, 2.05) is 18.7 Å². The Kier molecular flexibility index (Phi) is 16.7. The summed E-state index contributed by atoms with van der Waals surface area (Å²) in [5.74, 6) is -5.05. The third-order valence-corrected chi connectivity index (χ3v) is 10.5. The summed E-state index contributed by atoms with van der Waals surface area (Å²) in [6, 6.07) is 0.328. The van der Waals surface area contributed by atoms with Crippen molar-refractivity contribution in [2.75, 3.05) is 5.75 Å². The van der Waals surface area contributed by atoms with Crippen molar-refractivity contribution in [1.82, 2.24) is 20.8 Å². The summed E-state index contributed by atoms with van der Waals surface area (Å²) < 4.78 is 0. The van der Waals surface area contributed by atoms with Gasteiger partial charge < -0.3 is 20.3 Å². The molecule has 4 saturated heterocycles. The van der Waals surface area contributed by atoms with E-state index in [2.05, 4.69) is 15.5 Å². The van der Waals surface area contributed by atoms with Crippen LogP contribution in [0.4, 0.5) is 4.79 Å². The van der Waals surface area contributed by atoms with Crippen molar-refractivity contribution in [1.29, 1.82) is 0 Å². The quantitative estimate of drug-likeness (QED) is 0.0297. The molecule has 4 atom stereocenters. The average molecular weight is 743 g/mol. The molecular formula is C32H50N6O12S. The SMILES string of the molecule is CCCCC(C(=O)CCCC[C@@H]1SC[C@@H]2NC(=O)N[C@@H]21)C(N)(N)OO.O=C(CCCCCCC(=O)ON1C(=O)CCC1=O)ON1C(=O)CCC1=O. The van der Waals surface area contributed by atoms with Gasteiger partial charge in [-0.2, -0.15) is 16.6 Å². The largest absolute Gasteiger partial charge is 0.333 e. The van der Waals surface area contributed by atoms with Crippen molar-refractivity contribution in [2.24, 2.45) is 17.4 Å². The van der Waals surface area contributed by atoms with Crippen molar-refractivity contribution in [3.8, 4) is 0 Å². The van der Waals surface area contributed by atoms with E-state index in [0.717, 1.165) is 37.9 Å². The van der Waals surface area contributed by atoms with E-state index in [4.69, 9.17) is 26.4 Å². The first-order valence-corrected chi connectivity index (χ1v) is 18.6. The predicted octanol–water partition coefficient (Wildman–Crippen LogP) is 1.69. The number of carbonyl (C=O) groups is 8. The van der Waals surface area contributed by atoms with Gasteiger partial charge in [-0.25, -0.2) is 19.6 Å². The average Bonchev–Trinajstić information content (AvgIpc) is 3.83. The summed E-state index contributed by atoms with van der Waals surface area (Å²) >= 11 is 1.87. The Morgan fingerprint density at radius 2 is 1.31 bits per heavy atom. The highest BCUT2D eigenvalue weighted by Gasteiger charge is 2.43. The zero-order chi connectivity index (χ0) is 37.6. The number of carbonyl (C=O) groups excluding carboxylic acids is 8. The van der Waals surface area contributed by atoms with Crippen molar-refractivity contribution in [3.05, 3.63) is 0 Å². The molecule has 7 N–H and O–H groups in total. The molecule has 1 unspecified atom stereocenters. The first-order valence-electron chi connectivity index (χ1n) is 17.5. The fourth-order valence-electron chi connectivity index (χ4n) is 6.07. The molecule has 0 spiro atoms. The number of Topliss-reactive ketones (excluding diaryl/α,β-unsaturated/α-hetero) is 1. The smallest absolute Gasteiger partial charge is 0.332 e. The van der Waals surface area contributed by atoms with Crippen LogP contribution in [-0.4, -0.2) is 91.7 Å². The van der Waals surface area contributed by atoms with Crippen LogP contribution < -0.4 is 22.1 Å². The molecule has 19 heteroatoms. The van der Waals surface area contributed by atoms with Gasteiger partial charge in [0.05, 0.1) is 18.0 Å². The number of fused-ring (bicyclic) bond motifs is 1. The maximum atomic E-state index is 12.5. The summed E-state index contributed by atoms with van der Waals surface area (Å²) in [5.41, 5.74) is 11.4. The zero-order valence-electron chi connectivity index (χ0n) is 28.9. The van der Waals surface area contributed by atoms with Crippen molar-refractivity contribution in [2.45, 2.75) is 139 Å². The van der Waals surface area contributed by atoms with Crippen molar-refractivity contribution < 1.29 is 58.2 Å². The maximum absolute atomic E-state index is 12.5. The molecule has 0 aromatic heterocycles. The third kappa shape index (κ3) is 12.8. The lowest BCUT2D eigenvalue weighted by Gasteiger charge is -2.29. The van der Waals surface area contributed by atoms with Gasteiger partial charge in [0.15, 0.2) is 0 Å². The lowest BCUT2D eigenvalue weighted by atomic mass is 9.89. The highest BCUT2D eigenvalue weighted by atomic mass is 32.2. The number of rotatable bonds is 20. The summed E-state index contributed by atoms with van der Waals surface area (Å²) in [6.07, 6.45) is 7.69. The van der Waals surface area contributed by atoms with E-state index in [9.17, 15) is 38.4 Å². The Morgan fingerprint density at radius 3 is 1.80 bits per heavy atom. The van der Waals surface area contributed by atoms with Crippen LogP contribution in [0, 0.1) is 5.92 Å². The minimum Gasteiger partial charge on any atom is -0.332 e. The van der Waals surface area contributed by atoms with Crippen LogP contribution in [0.5, 0.6) is 0 Å². The van der Waals surface area contributed by atoms with Crippen LogP contribution in [0.1, 0.15) is 116 Å². The van der Waals surface area contributed by atoms with Crippen LogP contribution in [-0.2, 0) is 48.1 Å². The van der Waals surface area contributed by atoms with Gasteiger partial charge in [-0.1, -0.05) is 39.0 Å². The van der Waals surface area contributed by atoms with Gasteiger partial charge >= 0.3 is 18.0 Å². The van der Waals surface area contributed by atoms with Gasteiger partial charge in [0.1, 0.15) is 5.78 Å². The second-order valence-electron chi connectivity index (χ2n) is 13.0. The third-order valence-electron chi connectivity index (χ3n) is 8.95. The van der Waals surface area contributed by atoms with E-state index in [-0.39, 0.29) is 62.4 Å². The van der Waals surface area contributed by atoms with E-state index < -0.39 is 47.3 Å². The molecule has 4 heterocycles. The van der Waals surface area contributed by atoms with Gasteiger partial charge in [0, 0.05) is 55.9 Å². The Balaban J connectivity index is 0.000000276. The van der Waals surface area contributed by atoms with E-state index in [1.165, 1.54) is 0 Å². The minimum atomic E-state index is -1.83. The molecule has 4 fully saturated rings. The Labute approximate surface area is 300 Å². The molecule has 18 nitrogen and oxygen atoms in total. The number of hydrogen-bond acceptors (Lipinski definition) is 15. The second kappa shape index (κ2) is 20.4. The monoisotopic (exact) mass is 742 g/mol. The van der Waals surface area contributed by atoms with Gasteiger partial charge in [0.25, 0.3) is 23.6 Å². The van der Waals surface area contributed by atoms with Gasteiger partial charge in [-0.05, 0) is 32.1 Å². The molecule has 286 valence electrons. The maximum Gasteiger partial charge on any atom is 0.333 e. The van der Waals surface area contributed by atoms with Crippen LogP contribution in [0.2, 0.25) is 0 Å². The highest BCUT2D eigenvalue weighted by molar-refractivity contribution is 8.00. The van der Waals surface area contributed by atoms with Gasteiger partial charge in [-0.3, -0.25) is 35.4 Å². The van der Waals surface area contributed by atoms with Crippen molar-refractivity contribution in [3.63, 3.8) is 0 Å². The topological polar surface area (TPSA) is 267 Å². The Bertz CT molecular complexity index is 1210. The number of amides is 6. The highest BCUT2D eigenvalue weighted by Crippen LogP contribution is 2.33. The standard InChI is InChI=1S/C16H30N4O4S.C16H20N2O8/c1-2-3-6-10(16(17,18)24-23)12(21)7-4-5-8-13-14-11(9-25-13)19-15(22)20-14;19-11-7-8-12(20)17(11)25-15(23)5-3-1-2-4-6-16(24)26-18-13(21)9-10-14(18)22/h10-11,13-14,23H,2-9,17-18H2,1H3,(H2,19,20,22);1-10H2/t10?,11-,13-,14-;/m0./s1. The summed E-state index contributed by atoms with van der Waals surface area (Å²) in [6.45, 7) is 2.01. The molecule has 4 aliphatic rings. The molecule has 51 heavy (non-hydrogen) atoms. The Morgan fingerprint density at radius 1 is 0.804 bits per heavy atom. The molecule has 0 radical (unpaired) electrons. The second-order valence-corrected chi connectivity index (χ2v) is 14.3. The van der Waals surface area contributed by atoms with E-state index in [0.29, 0.717) is 53.9 Å². The molecule has 0 aromatic rings. The molecule has 6 amide bonds. The lowest BCUT2D eigenvalue weighted by molar-refractivity contribution is -0.332. The number of ketones is 1. The summed E-state index contributed by atoms with van der Waals surface area (Å²) in [5, 5.41) is 16.2.